The molecule has 1 saturated heterocycles. The van der Waals surface area contributed by atoms with Crippen LogP contribution >= 0.6 is 0 Å². The SMILES string of the molecule is Cn1c(C(=O)O)cc2cc(N3CCN(CCO)CC3)ccc21. The molecule has 2 N–H and O–H groups in total. The number of β-amino-alcohol motifs (C(OH)–C–C–N with tert-alkyl or cyclic N) is 1. The van der Waals surface area contributed by atoms with E-state index in [1.165, 1.54) is 0 Å². The van der Waals surface area contributed by atoms with Crippen LogP contribution in [0, 0.1) is 0 Å². The Bertz CT molecular complexity index is 687. The summed E-state index contributed by atoms with van der Waals surface area (Å²) in [5, 5.41) is 19.1. The molecular formula is C16H21N3O3. The topological polar surface area (TPSA) is 68.9 Å². The maximum absolute atomic E-state index is 11.2. The predicted octanol–water partition coefficient (Wildman–Crippen LogP) is 0.991. The maximum Gasteiger partial charge on any atom is 0.352 e. The van der Waals surface area contributed by atoms with Crippen LogP contribution in [0.2, 0.25) is 0 Å². The molecule has 1 aromatic heterocycles. The Hall–Kier alpha value is -2.05. The number of piperazine rings is 1. The van der Waals surface area contributed by atoms with E-state index in [2.05, 4.69) is 21.9 Å². The van der Waals surface area contributed by atoms with Gasteiger partial charge in [-0.2, -0.15) is 0 Å². The standard InChI is InChI=1S/C16H21N3O3/c1-17-14-3-2-13(10-12(14)11-15(17)16(21)22)19-6-4-18(5-7-19)8-9-20/h2-3,10-11,20H,4-9H2,1H3,(H,21,22). The molecule has 0 bridgehead atoms. The second-order valence-corrected chi connectivity index (χ2v) is 5.69. The summed E-state index contributed by atoms with van der Waals surface area (Å²) in [5.41, 5.74) is 2.36. The molecule has 1 aromatic carbocycles. The number of carbonyl (C=O) groups is 1. The Kier molecular flexibility index (Phi) is 4.04. The largest absolute Gasteiger partial charge is 0.477 e. The third-order valence-electron chi connectivity index (χ3n) is 4.40. The maximum atomic E-state index is 11.2. The van der Waals surface area contributed by atoms with E-state index in [0.717, 1.165) is 49.3 Å². The number of anilines is 1. The predicted molar refractivity (Wildman–Crippen MR) is 85.6 cm³/mol. The molecular weight excluding hydrogens is 282 g/mol. The number of rotatable bonds is 4. The first-order valence-electron chi connectivity index (χ1n) is 7.51. The Morgan fingerprint density at radius 3 is 2.55 bits per heavy atom. The lowest BCUT2D eigenvalue weighted by Gasteiger charge is -2.35. The van der Waals surface area contributed by atoms with E-state index in [1.807, 2.05) is 6.07 Å². The summed E-state index contributed by atoms with van der Waals surface area (Å²) in [5.74, 6) is -0.905. The van der Waals surface area contributed by atoms with Gasteiger partial charge in [0.15, 0.2) is 0 Å². The lowest BCUT2D eigenvalue weighted by atomic mass is 10.2. The summed E-state index contributed by atoms with van der Waals surface area (Å²) in [6.45, 7) is 4.65. The van der Waals surface area contributed by atoms with Crippen LogP contribution in [-0.2, 0) is 7.05 Å². The average Bonchev–Trinajstić information content (AvgIpc) is 2.85. The lowest BCUT2D eigenvalue weighted by Crippen LogP contribution is -2.47. The van der Waals surface area contributed by atoms with Crippen LogP contribution in [-0.4, -0.2) is 65.0 Å². The monoisotopic (exact) mass is 303 g/mol. The number of aliphatic hydroxyl groups is 1. The second kappa shape index (κ2) is 5.98. The molecule has 22 heavy (non-hydrogen) atoms. The molecule has 2 heterocycles. The molecule has 2 aromatic rings. The Labute approximate surface area is 129 Å². The molecule has 1 aliphatic rings. The highest BCUT2D eigenvalue weighted by atomic mass is 16.4. The van der Waals surface area contributed by atoms with Crippen LogP contribution in [0.25, 0.3) is 10.9 Å². The van der Waals surface area contributed by atoms with Crippen molar-refractivity contribution in [2.45, 2.75) is 0 Å². The van der Waals surface area contributed by atoms with Crippen LogP contribution in [0.15, 0.2) is 24.3 Å². The average molecular weight is 303 g/mol. The minimum absolute atomic E-state index is 0.202. The molecule has 0 atom stereocenters. The molecule has 0 amide bonds. The van der Waals surface area contributed by atoms with Gasteiger partial charge in [0.2, 0.25) is 0 Å². The fourth-order valence-corrected chi connectivity index (χ4v) is 3.11. The van der Waals surface area contributed by atoms with E-state index in [4.69, 9.17) is 5.11 Å². The number of hydrogen-bond acceptors (Lipinski definition) is 4. The van der Waals surface area contributed by atoms with Gasteiger partial charge in [0.05, 0.1) is 6.61 Å². The van der Waals surface area contributed by atoms with E-state index >= 15 is 0 Å². The smallest absolute Gasteiger partial charge is 0.352 e. The third-order valence-corrected chi connectivity index (χ3v) is 4.40. The number of aryl methyl sites for hydroxylation is 1. The highest BCUT2D eigenvalue weighted by Gasteiger charge is 2.18. The van der Waals surface area contributed by atoms with Crippen molar-refractivity contribution >= 4 is 22.6 Å². The van der Waals surface area contributed by atoms with Gasteiger partial charge in [-0.05, 0) is 24.3 Å². The normalized spacial score (nSPS) is 16.4. The summed E-state index contributed by atoms with van der Waals surface area (Å²) < 4.78 is 1.71. The number of fused-ring (bicyclic) bond motifs is 1. The second-order valence-electron chi connectivity index (χ2n) is 5.69. The number of aromatic nitrogens is 1. The number of carboxylic acids is 1. The highest BCUT2D eigenvalue weighted by molar-refractivity contribution is 5.95. The van der Waals surface area contributed by atoms with Crippen LogP contribution in [0.1, 0.15) is 10.5 Å². The Morgan fingerprint density at radius 2 is 1.91 bits per heavy atom. The van der Waals surface area contributed by atoms with Gasteiger partial charge in [-0.1, -0.05) is 0 Å². The summed E-state index contributed by atoms with van der Waals surface area (Å²) in [6, 6.07) is 7.82. The van der Waals surface area contributed by atoms with Crippen molar-refractivity contribution in [3.8, 4) is 0 Å². The number of benzene rings is 1. The highest BCUT2D eigenvalue weighted by Crippen LogP contribution is 2.25. The number of aliphatic hydroxyl groups excluding tert-OH is 1. The number of nitrogens with zero attached hydrogens (tertiary/aromatic N) is 3. The summed E-state index contributed by atoms with van der Waals surface area (Å²) >= 11 is 0. The quantitative estimate of drug-likeness (QED) is 0.881. The van der Waals surface area contributed by atoms with Crippen molar-refractivity contribution in [2.24, 2.45) is 7.05 Å². The van der Waals surface area contributed by atoms with Crippen LogP contribution in [0.5, 0.6) is 0 Å². The molecule has 0 saturated carbocycles. The van der Waals surface area contributed by atoms with Gasteiger partial charge in [0, 0.05) is 56.4 Å². The zero-order valence-electron chi connectivity index (χ0n) is 12.7. The van der Waals surface area contributed by atoms with Gasteiger partial charge in [0.25, 0.3) is 0 Å². The molecule has 0 aliphatic carbocycles. The zero-order chi connectivity index (χ0) is 15.7. The van der Waals surface area contributed by atoms with E-state index < -0.39 is 5.97 Å². The van der Waals surface area contributed by atoms with Gasteiger partial charge in [-0.25, -0.2) is 4.79 Å². The summed E-state index contributed by atoms with van der Waals surface area (Å²) in [6.07, 6.45) is 0. The molecule has 0 unspecified atom stereocenters. The summed E-state index contributed by atoms with van der Waals surface area (Å²) in [7, 11) is 1.78. The van der Waals surface area contributed by atoms with Crippen LogP contribution in [0.4, 0.5) is 5.69 Å². The summed E-state index contributed by atoms with van der Waals surface area (Å²) in [4.78, 5) is 15.8. The molecule has 118 valence electrons. The Morgan fingerprint density at radius 1 is 1.18 bits per heavy atom. The molecule has 0 radical (unpaired) electrons. The van der Waals surface area contributed by atoms with E-state index in [-0.39, 0.29) is 6.61 Å². The van der Waals surface area contributed by atoms with Crippen LogP contribution < -0.4 is 4.90 Å². The fourth-order valence-electron chi connectivity index (χ4n) is 3.11. The van der Waals surface area contributed by atoms with Crippen molar-refractivity contribution in [1.29, 1.82) is 0 Å². The minimum Gasteiger partial charge on any atom is -0.477 e. The van der Waals surface area contributed by atoms with Crippen molar-refractivity contribution in [2.75, 3.05) is 44.2 Å². The van der Waals surface area contributed by atoms with Crippen molar-refractivity contribution in [3.05, 3.63) is 30.0 Å². The first-order chi connectivity index (χ1) is 10.6. The first kappa shape index (κ1) is 14.9. The molecule has 1 aliphatic heterocycles. The number of aromatic carboxylic acids is 1. The van der Waals surface area contributed by atoms with Gasteiger partial charge in [-0.15, -0.1) is 0 Å². The Balaban J connectivity index is 1.82. The van der Waals surface area contributed by atoms with Crippen molar-refractivity contribution in [1.82, 2.24) is 9.47 Å². The zero-order valence-corrected chi connectivity index (χ0v) is 12.7. The minimum atomic E-state index is -0.905. The first-order valence-corrected chi connectivity index (χ1v) is 7.51. The molecule has 1 fully saturated rings. The molecule has 6 heteroatoms. The third kappa shape index (κ3) is 2.67. The lowest BCUT2D eigenvalue weighted by molar-refractivity contribution is 0.0687. The number of hydrogen-bond donors (Lipinski definition) is 2. The van der Waals surface area contributed by atoms with E-state index in [0.29, 0.717) is 5.69 Å². The molecule has 3 rings (SSSR count). The fraction of sp³-hybridized carbons (Fsp3) is 0.438. The van der Waals surface area contributed by atoms with Gasteiger partial charge < -0.3 is 19.7 Å². The van der Waals surface area contributed by atoms with Gasteiger partial charge >= 0.3 is 5.97 Å². The number of carboxylic acid groups (broad SMARTS) is 1. The van der Waals surface area contributed by atoms with Crippen molar-refractivity contribution < 1.29 is 15.0 Å². The van der Waals surface area contributed by atoms with Gasteiger partial charge in [-0.3, -0.25) is 4.90 Å². The van der Waals surface area contributed by atoms with Crippen LogP contribution in [0.3, 0.4) is 0 Å². The van der Waals surface area contributed by atoms with Gasteiger partial charge in [0.1, 0.15) is 5.69 Å². The molecule has 0 spiro atoms. The van der Waals surface area contributed by atoms with Crippen molar-refractivity contribution in [3.63, 3.8) is 0 Å². The van der Waals surface area contributed by atoms with E-state index in [1.54, 1.807) is 17.7 Å². The van der Waals surface area contributed by atoms with E-state index in [9.17, 15) is 9.90 Å². The molecule has 6 nitrogen and oxygen atoms in total.